The van der Waals surface area contributed by atoms with Crippen LogP contribution in [0, 0.1) is 0 Å². The summed E-state index contributed by atoms with van der Waals surface area (Å²) >= 11 is 3.63. The second kappa shape index (κ2) is 6.17. The molecule has 2 aromatic rings. The first-order valence-electron chi connectivity index (χ1n) is 6.24. The van der Waals surface area contributed by atoms with E-state index in [4.69, 9.17) is 0 Å². The average molecular weight is 304 g/mol. The number of rotatable bonds is 4. The quantitative estimate of drug-likeness (QED) is 0.869. The summed E-state index contributed by atoms with van der Waals surface area (Å²) in [6.07, 6.45) is 0. The molecule has 94 valence electrons. The Labute approximate surface area is 117 Å². The number of benzene rings is 2. The van der Waals surface area contributed by atoms with Crippen molar-refractivity contribution < 1.29 is 0 Å². The lowest BCUT2D eigenvalue weighted by molar-refractivity contribution is 0.589. The molecule has 0 aliphatic heterocycles. The molecule has 0 aliphatic carbocycles. The molecule has 2 heteroatoms. The van der Waals surface area contributed by atoms with Gasteiger partial charge in [-0.25, -0.2) is 0 Å². The fraction of sp³-hybridized carbons (Fsp3) is 0.250. The molecular weight excluding hydrogens is 286 g/mol. The first kappa shape index (κ1) is 13.3. The first-order valence-corrected chi connectivity index (χ1v) is 7.04. The topological polar surface area (TPSA) is 12.0 Å². The lowest BCUT2D eigenvalue weighted by atomic mass is 9.99. The Kier molecular flexibility index (Phi) is 4.56. The van der Waals surface area contributed by atoms with Crippen molar-refractivity contribution in [2.24, 2.45) is 0 Å². The van der Waals surface area contributed by atoms with E-state index in [-0.39, 0.29) is 0 Å². The maximum atomic E-state index is 3.63. The normalized spacial score (nSPS) is 10.9. The van der Waals surface area contributed by atoms with Crippen molar-refractivity contribution in [2.75, 3.05) is 0 Å². The number of halogens is 1. The maximum absolute atomic E-state index is 3.63. The van der Waals surface area contributed by atoms with Crippen molar-refractivity contribution in [3.63, 3.8) is 0 Å². The Hall–Kier alpha value is -1.12. The zero-order valence-corrected chi connectivity index (χ0v) is 12.4. The van der Waals surface area contributed by atoms with E-state index in [1.807, 2.05) is 6.07 Å². The molecule has 0 saturated heterocycles. The predicted octanol–water partition coefficient (Wildman–Crippen LogP) is 4.61. The highest BCUT2D eigenvalue weighted by molar-refractivity contribution is 9.10. The van der Waals surface area contributed by atoms with Gasteiger partial charge in [-0.1, -0.05) is 72.2 Å². The van der Waals surface area contributed by atoms with Crippen LogP contribution in [0.25, 0.3) is 11.1 Å². The number of hydrogen-bond donors (Lipinski definition) is 1. The second-order valence-electron chi connectivity index (χ2n) is 4.67. The van der Waals surface area contributed by atoms with Gasteiger partial charge in [0, 0.05) is 17.1 Å². The van der Waals surface area contributed by atoms with Gasteiger partial charge >= 0.3 is 0 Å². The molecule has 0 bridgehead atoms. The lowest BCUT2D eigenvalue weighted by Crippen LogP contribution is -2.22. The Morgan fingerprint density at radius 1 is 0.944 bits per heavy atom. The SMILES string of the molecule is CC(C)NCc1ccccc1-c1ccccc1Br. The minimum atomic E-state index is 0.497. The molecule has 0 fully saturated rings. The summed E-state index contributed by atoms with van der Waals surface area (Å²) in [4.78, 5) is 0. The second-order valence-corrected chi connectivity index (χ2v) is 5.53. The van der Waals surface area contributed by atoms with Gasteiger partial charge in [-0.2, -0.15) is 0 Å². The molecule has 1 nitrogen and oxygen atoms in total. The van der Waals surface area contributed by atoms with Crippen molar-refractivity contribution in [3.8, 4) is 11.1 Å². The standard InChI is InChI=1S/C16H18BrN/c1-12(2)18-11-13-7-3-4-8-14(13)15-9-5-6-10-16(15)17/h3-10,12,18H,11H2,1-2H3. The van der Waals surface area contributed by atoms with Crippen LogP contribution >= 0.6 is 15.9 Å². The molecule has 18 heavy (non-hydrogen) atoms. The van der Waals surface area contributed by atoms with Crippen LogP contribution in [-0.4, -0.2) is 6.04 Å². The largest absolute Gasteiger partial charge is 0.310 e. The highest BCUT2D eigenvalue weighted by Gasteiger charge is 2.07. The van der Waals surface area contributed by atoms with E-state index in [9.17, 15) is 0 Å². The molecule has 2 aromatic carbocycles. The van der Waals surface area contributed by atoms with Crippen molar-refractivity contribution in [1.82, 2.24) is 5.32 Å². The fourth-order valence-corrected chi connectivity index (χ4v) is 2.43. The van der Waals surface area contributed by atoms with Gasteiger partial charge < -0.3 is 5.32 Å². The molecule has 0 atom stereocenters. The fourth-order valence-electron chi connectivity index (χ4n) is 1.93. The minimum Gasteiger partial charge on any atom is -0.310 e. The van der Waals surface area contributed by atoms with E-state index < -0.39 is 0 Å². The van der Waals surface area contributed by atoms with E-state index in [1.165, 1.54) is 16.7 Å². The molecule has 0 aromatic heterocycles. The highest BCUT2D eigenvalue weighted by Crippen LogP contribution is 2.30. The van der Waals surface area contributed by atoms with Crippen LogP contribution in [0.1, 0.15) is 19.4 Å². The minimum absolute atomic E-state index is 0.497. The monoisotopic (exact) mass is 303 g/mol. The van der Waals surface area contributed by atoms with Crippen molar-refractivity contribution in [3.05, 3.63) is 58.6 Å². The van der Waals surface area contributed by atoms with Crippen LogP contribution in [-0.2, 0) is 6.54 Å². The molecule has 0 heterocycles. The molecule has 0 unspecified atom stereocenters. The van der Waals surface area contributed by atoms with Gasteiger partial charge in [0.1, 0.15) is 0 Å². The molecular formula is C16H18BrN. The summed E-state index contributed by atoms with van der Waals surface area (Å²) in [6.45, 7) is 5.23. The zero-order chi connectivity index (χ0) is 13.0. The van der Waals surface area contributed by atoms with Crippen molar-refractivity contribution >= 4 is 15.9 Å². The third-order valence-electron chi connectivity index (χ3n) is 2.88. The first-order chi connectivity index (χ1) is 8.68. The number of nitrogens with one attached hydrogen (secondary N) is 1. The summed E-state index contributed by atoms with van der Waals surface area (Å²) in [5, 5.41) is 3.48. The van der Waals surface area contributed by atoms with E-state index >= 15 is 0 Å². The van der Waals surface area contributed by atoms with Crippen molar-refractivity contribution in [1.29, 1.82) is 0 Å². The average Bonchev–Trinajstić information content (AvgIpc) is 2.37. The van der Waals surface area contributed by atoms with Crippen LogP contribution in [0.15, 0.2) is 53.0 Å². The molecule has 1 N–H and O–H groups in total. The van der Waals surface area contributed by atoms with Crippen LogP contribution in [0.4, 0.5) is 0 Å². The van der Waals surface area contributed by atoms with Gasteiger partial charge in [0.2, 0.25) is 0 Å². The van der Waals surface area contributed by atoms with Crippen molar-refractivity contribution in [2.45, 2.75) is 26.4 Å². The number of hydrogen-bond acceptors (Lipinski definition) is 1. The van der Waals surface area contributed by atoms with Crippen LogP contribution < -0.4 is 5.32 Å². The van der Waals surface area contributed by atoms with Gasteiger partial charge in [-0.15, -0.1) is 0 Å². The summed E-state index contributed by atoms with van der Waals surface area (Å²) in [5.74, 6) is 0. The summed E-state index contributed by atoms with van der Waals surface area (Å²) in [5.41, 5.74) is 3.87. The van der Waals surface area contributed by atoms with Crippen LogP contribution in [0.2, 0.25) is 0 Å². The molecule has 0 saturated carbocycles. The molecule has 0 amide bonds. The Morgan fingerprint density at radius 2 is 1.56 bits per heavy atom. The van der Waals surface area contributed by atoms with E-state index in [1.54, 1.807) is 0 Å². The molecule has 0 radical (unpaired) electrons. The van der Waals surface area contributed by atoms with Gasteiger partial charge in [0.05, 0.1) is 0 Å². The smallest absolute Gasteiger partial charge is 0.0253 e. The predicted molar refractivity (Wildman–Crippen MR) is 81.6 cm³/mol. The summed E-state index contributed by atoms with van der Waals surface area (Å²) in [7, 11) is 0. The van der Waals surface area contributed by atoms with Crippen LogP contribution in [0.5, 0.6) is 0 Å². The third-order valence-corrected chi connectivity index (χ3v) is 3.57. The van der Waals surface area contributed by atoms with Gasteiger partial charge in [-0.3, -0.25) is 0 Å². The van der Waals surface area contributed by atoms with E-state index in [0.29, 0.717) is 6.04 Å². The maximum Gasteiger partial charge on any atom is 0.0253 e. The summed E-state index contributed by atoms with van der Waals surface area (Å²) < 4.78 is 1.14. The molecule has 2 rings (SSSR count). The Morgan fingerprint density at radius 3 is 2.22 bits per heavy atom. The van der Waals surface area contributed by atoms with E-state index in [0.717, 1.165) is 11.0 Å². The van der Waals surface area contributed by atoms with E-state index in [2.05, 4.69) is 77.6 Å². The Bertz CT molecular complexity index is 520. The highest BCUT2D eigenvalue weighted by atomic mass is 79.9. The van der Waals surface area contributed by atoms with Crippen LogP contribution in [0.3, 0.4) is 0 Å². The Balaban J connectivity index is 2.36. The molecule has 0 aliphatic rings. The lowest BCUT2D eigenvalue weighted by Gasteiger charge is -2.13. The van der Waals surface area contributed by atoms with Gasteiger partial charge in [-0.05, 0) is 22.8 Å². The summed E-state index contributed by atoms with van der Waals surface area (Å²) in [6, 6.07) is 17.4. The third kappa shape index (κ3) is 3.21. The molecule has 0 spiro atoms. The van der Waals surface area contributed by atoms with Gasteiger partial charge in [0.15, 0.2) is 0 Å². The van der Waals surface area contributed by atoms with Gasteiger partial charge in [0.25, 0.3) is 0 Å². The zero-order valence-electron chi connectivity index (χ0n) is 10.8.